The van der Waals surface area contributed by atoms with Crippen LogP contribution in [0.3, 0.4) is 0 Å². The van der Waals surface area contributed by atoms with Crippen molar-refractivity contribution in [3.8, 4) is 0 Å². The Hall–Kier alpha value is -0.240. The summed E-state index contributed by atoms with van der Waals surface area (Å²) >= 11 is 12.0. The molecule has 1 aromatic carbocycles. The molecule has 3 heteroatoms. The quantitative estimate of drug-likeness (QED) is 0.855. The van der Waals surface area contributed by atoms with Gasteiger partial charge in [0.25, 0.3) is 0 Å². The summed E-state index contributed by atoms with van der Waals surface area (Å²) in [6.45, 7) is 2.35. The normalized spacial score (nSPS) is 25.3. The van der Waals surface area contributed by atoms with Crippen molar-refractivity contribution in [1.82, 2.24) is 5.32 Å². The van der Waals surface area contributed by atoms with Gasteiger partial charge in [0.1, 0.15) is 0 Å². The zero-order chi connectivity index (χ0) is 13.1. The van der Waals surface area contributed by atoms with E-state index in [1.165, 1.54) is 24.8 Å². The van der Waals surface area contributed by atoms with Crippen molar-refractivity contribution in [3.05, 3.63) is 33.8 Å². The van der Waals surface area contributed by atoms with Crippen molar-refractivity contribution < 1.29 is 0 Å². The minimum absolute atomic E-state index is 0.548. The molecule has 0 bridgehead atoms. The van der Waals surface area contributed by atoms with Crippen LogP contribution in [0.25, 0.3) is 0 Å². The Morgan fingerprint density at radius 2 is 2.06 bits per heavy atom. The minimum atomic E-state index is 0.548. The van der Waals surface area contributed by atoms with Crippen molar-refractivity contribution in [2.24, 2.45) is 11.8 Å². The van der Waals surface area contributed by atoms with Crippen LogP contribution in [0.5, 0.6) is 0 Å². The van der Waals surface area contributed by atoms with Gasteiger partial charge in [0.05, 0.1) is 10.0 Å². The number of rotatable bonds is 4. The van der Waals surface area contributed by atoms with Crippen LogP contribution in [0.1, 0.15) is 31.7 Å². The van der Waals surface area contributed by atoms with Crippen molar-refractivity contribution in [3.63, 3.8) is 0 Å². The molecule has 0 radical (unpaired) electrons. The molecule has 2 rings (SSSR count). The molecule has 1 aromatic rings. The highest BCUT2D eigenvalue weighted by Crippen LogP contribution is 2.34. The lowest BCUT2D eigenvalue weighted by molar-refractivity contribution is 0.367. The first-order valence-corrected chi connectivity index (χ1v) is 7.47. The molecule has 0 heterocycles. The number of likely N-dealkylation sites (N-methyl/N-ethyl adjacent to an activating group) is 1. The van der Waals surface area contributed by atoms with Crippen molar-refractivity contribution in [1.29, 1.82) is 0 Å². The van der Waals surface area contributed by atoms with E-state index in [0.29, 0.717) is 16.1 Å². The summed E-state index contributed by atoms with van der Waals surface area (Å²) < 4.78 is 0. The van der Waals surface area contributed by atoms with E-state index in [4.69, 9.17) is 23.2 Å². The molecule has 0 aromatic heterocycles. The lowest BCUT2D eigenvalue weighted by Gasteiger charge is -2.23. The van der Waals surface area contributed by atoms with Crippen molar-refractivity contribution in [2.75, 3.05) is 7.05 Å². The van der Waals surface area contributed by atoms with Crippen LogP contribution in [-0.2, 0) is 6.42 Å². The van der Waals surface area contributed by atoms with Gasteiger partial charge in [-0.25, -0.2) is 0 Å². The summed E-state index contributed by atoms with van der Waals surface area (Å²) in [5.41, 5.74) is 1.27. The van der Waals surface area contributed by atoms with Crippen molar-refractivity contribution in [2.45, 2.75) is 38.6 Å². The molecule has 18 heavy (non-hydrogen) atoms. The Morgan fingerprint density at radius 3 is 2.61 bits per heavy atom. The number of hydrogen-bond acceptors (Lipinski definition) is 1. The molecule has 1 aliphatic carbocycles. The first kappa shape index (κ1) is 14.2. The monoisotopic (exact) mass is 285 g/mol. The van der Waals surface area contributed by atoms with E-state index >= 15 is 0 Å². The van der Waals surface area contributed by atoms with Gasteiger partial charge in [0.15, 0.2) is 0 Å². The van der Waals surface area contributed by atoms with Gasteiger partial charge in [0, 0.05) is 6.04 Å². The van der Waals surface area contributed by atoms with Gasteiger partial charge < -0.3 is 5.32 Å². The van der Waals surface area contributed by atoms with E-state index < -0.39 is 0 Å². The maximum absolute atomic E-state index is 6.07. The van der Waals surface area contributed by atoms with Gasteiger partial charge in [-0.05, 0) is 55.8 Å². The predicted octanol–water partition coefficient (Wildman–Crippen LogP) is 4.56. The summed E-state index contributed by atoms with van der Waals surface area (Å²) in [5.74, 6) is 1.67. The molecule has 0 saturated heterocycles. The zero-order valence-corrected chi connectivity index (χ0v) is 12.6. The summed E-state index contributed by atoms with van der Waals surface area (Å²) in [6.07, 6.45) is 5.08. The molecular weight excluding hydrogens is 265 g/mol. The number of nitrogens with one attached hydrogen (secondary N) is 1. The van der Waals surface area contributed by atoms with E-state index in [1.54, 1.807) is 0 Å². The largest absolute Gasteiger partial charge is 0.316 e. The number of halogens is 2. The predicted molar refractivity (Wildman–Crippen MR) is 79.5 cm³/mol. The summed E-state index contributed by atoms with van der Waals surface area (Å²) in [4.78, 5) is 0. The van der Waals surface area contributed by atoms with E-state index in [-0.39, 0.29) is 0 Å². The Morgan fingerprint density at radius 1 is 1.28 bits per heavy atom. The van der Waals surface area contributed by atoms with Gasteiger partial charge in [-0.3, -0.25) is 0 Å². The van der Waals surface area contributed by atoms with Gasteiger partial charge in [-0.15, -0.1) is 0 Å². The Balaban J connectivity index is 2.03. The maximum Gasteiger partial charge on any atom is 0.0595 e. The highest BCUT2D eigenvalue weighted by molar-refractivity contribution is 6.42. The molecule has 1 aliphatic rings. The maximum atomic E-state index is 6.07. The highest BCUT2D eigenvalue weighted by atomic mass is 35.5. The third-order valence-corrected chi connectivity index (χ3v) is 4.85. The second kappa shape index (κ2) is 6.27. The molecule has 1 N–H and O–H groups in total. The summed E-state index contributed by atoms with van der Waals surface area (Å²) in [5, 5.41) is 4.76. The van der Waals surface area contributed by atoms with Crippen LogP contribution in [0.4, 0.5) is 0 Å². The van der Waals surface area contributed by atoms with Crippen LogP contribution in [0.2, 0.25) is 10.0 Å². The fourth-order valence-corrected chi connectivity index (χ4v) is 3.36. The molecule has 1 nitrogen and oxygen atoms in total. The van der Waals surface area contributed by atoms with E-state index in [9.17, 15) is 0 Å². The first-order chi connectivity index (χ1) is 8.60. The molecule has 100 valence electrons. The van der Waals surface area contributed by atoms with Crippen LogP contribution < -0.4 is 5.32 Å². The Bertz CT molecular complexity index is 405. The third-order valence-electron chi connectivity index (χ3n) is 4.11. The molecule has 0 amide bonds. The molecular formula is C15H21Cl2N. The fourth-order valence-electron chi connectivity index (χ4n) is 3.04. The topological polar surface area (TPSA) is 12.0 Å². The number of benzene rings is 1. The standard InChI is InChI=1S/C15H21Cl2N/c1-10-3-5-12(7-10)15(18-2)9-11-4-6-13(16)14(17)8-11/h4,6,8,10,12,15,18H,3,5,7,9H2,1-2H3. The van der Waals surface area contributed by atoms with Crippen LogP contribution in [-0.4, -0.2) is 13.1 Å². The van der Waals surface area contributed by atoms with Crippen LogP contribution >= 0.6 is 23.2 Å². The summed E-state index contributed by atoms with van der Waals surface area (Å²) in [6, 6.07) is 6.51. The van der Waals surface area contributed by atoms with Gasteiger partial charge in [-0.2, -0.15) is 0 Å². The molecule has 3 atom stereocenters. The van der Waals surface area contributed by atoms with E-state index in [2.05, 4.69) is 25.4 Å². The molecule has 0 spiro atoms. The van der Waals surface area contributed by atoms with Crippen LogP contribution in [0, 0.1) is 11.8 Å². The third kappa shape index (κ3) is 3.40. The average Bonchev–Trinajstić information content (AvgIpc) is 2.77. The highest BCUT2D eigenvalue weighted by Gasteiger charge is 2.27. The molecule has 1 saturated carbocycles. The van der Waals surface area contributed by atoms with Gasteiger partial charge in [0.2, 0.25) is 0 Å². The minimum Gasteiger partial charge on any atom is -0.316 e. The summed E-state index contributed by atoms with van der Waals surface area (Å²) in [7, 11) is 2.06. The fraction of sp³-hybridized carbons (Fsp3) is 0.600. The molecule has 1 fully saturated rings. The molecule has 0 aliphatic heterocycles. The molecule has 3 unspecified atom stereocenters. The average molecular weight is 286 g/mol. The lowest BCUT2D eigenvalue weighted by atomic mass is 9.91. The Labute approximate surface area is 120 Å². The first-order valence-electron chi connectivity index (χ1n) is 6.71. The SMILES string of the molecule is CNC(Cc1ccc(Cl)c(Cl)c1)C1CCC(C)C1. The van der Waals surface area contributed by atoms with E-state index in [1.807, 2.05) is 12.1 Å². The van der Waals surface area contributed by atoms with E-state index in [0.717, 1.165) is 18.3 Å². The smallest absolute Gasteiger partial charge is 0.0595 e. The lowest BCUT2D eigenvalue weighted by Crippen LogP contribution is -2.34. The van der Waals surface area contributed by atoms with Gasteiger partial charge in [-0.1, -0.05) is 42.6 Å². The van der Waals surface area contributed by atoms with Crippen LogP contribution in [0.15, 0.2) is 18.2 Å². The zero-order valence-electron chi connectivity index (χ0n) is 11.0. The van der Waals surface area contributed by atoms with Gasteiger partial charge >= 0.3 is 0 Å². The number of hydrogen-bond donors (Lipinski definition) is 1. The Kier molecular flexibility index (Phi) is 4.94. The second-order valence-corrected chi connectivity index (χ2v) is 6.34. The van der Waals surface area contributed by atoms with Crippen molar-refractivity contribution >= 4 is 23.2 Å². The second-order valence-electron chi connectivity index (χ2n) is 5.53.